The third kappa shape index (κ3) is 1.32. The van der Waals surface area contributed by atoms with E-state index in [4.69, 9.17) is 4.74 Å². The SMILES string of the molecule is CC1=CC(=O)C(c2ccn[nH]2)C(=O)O1. The van der Waals surface area contributed by atoms with Gasteiger partial charge in [0, 0.05) is 12.3 Å². The van der Waals surface area contributed by atoms with Gasteiger partial charge in [0.15, 0.2) is 11.7 Å². The zero-order valence-electron chi connectivity index (χ0n) is 7.48. The second-order valence-electron chi connectivity index (χ2n) is 3.02. The summed E-state index contributed by atoms with van der Waals surface area (Å²) in [4.78, 5) is 22.9. The number of cyclic esters (lactones) is 1. The van der Waals surface area contributed by atoms with Gasteiger partial charge in [-0.1, -0.05) is 0 Å². The van der Waals surface area contributed by atoms with E-state index < -0.39 is 11.9 Å². The molecule has 0 aliphatic carbocycles. The highest BCUT2D eigenvalue weighted by atomic mass is 16.5. The Morgan fingerprint density at radius 1 is 1.50 bits per heavy atom. The number of esters is 1. The van der Waals surface area contributed by atoms with Gasteiger partial charge >= 0.3 is 5.97 Å². The summed E-state index contributed by atoms with van der Waals surface area (Å²) in [5.41, 5.74) is 0.462. The first-order valence-electron chi connectivity index (χ1n) is 4.11. The van der Waals surface area contributed by atoms with Gasteiger partial charge in [-0.05, 0) is 13.0 Å². The Balaban J connectivity index is 2.37. The van der Waals surface area contributed by atoms with Crippen molar-refractivity contribution in [3.05, 3.63) is 29.8 Å². The topological polar surface area (TPSA) is 72.0 Å². The number of ketones is 1. The van der Waals surface area contributed by atoms with Gasteiger partial charge in [-0.15, -0.1) is 0 Å². The van der Waals surface area contributed by atoms with Gasteiger partial charge in [-0.2, -0.15) is 5.10 Å². The van der Waals surface area contributed by atoms with E-state index in [0.717, 1.165) is 0 Å². The lowest BCUT2D eigenvalue weighted by molar-refractivity contribution is -0.145. The van der Waals surface area contributed by atoms with Crippen molar-refractivity contribution in [3.8, 4) is 0 Å². The van der Waals surface area contributed by atoms with Crippen LogP contribution in [0.4, 0.5) is 0 Å². The predicted molar refractivity (Wildman–Crippen MR) is 46.2 cm³/mol. The Kier molecular flexibility index (Phi) is 1.92. The second-order valence-corrected chi connectivity index (χ2v) is 3.02. The number of aromatic amines is 1. The molecule has 72 valence electrons. The predicted octanol–water partition coefficient (Wildman–Crippen LogP) is 0.523. The summed E-state index contributed by atoms with van der Waals surface area (Å²) in [6, 6.07) is 1.58. The lowest BCUT2D eigenvalue weighted by Gasteiger charge is -2.16. The fourth-order valence-corrected chi connectivity index (χ4v) is 1.35. The Bertz CT molecular complexity index is 406. The molecule has 1 aromatic rings. The number of ether oxygens (including phenoxy) is 1. The van der Waals surface area contributed by atoms with E-state index >= 15 is 0 Å². The molecule has 0 aromatic carbocycles. The van der Waals surface area contributed by atoms with Gasteiger partial charge in [0.05, 0.1) is 5.69 Å². The standard InChI is InChI=1S/C9H8N2O3/c1-5-4-7(12)8(9(13)14-5)6-2-3-10-11-6/h2-4,8H,1H3,(H,10,11). The highest BCUT2D eigenvalue weighted by molar-refractivity contribution is 6.11. The molecule has 1 N–H and O–H groups in total. The Morgan fingerprint density at radius 2 is 2.29 bits per heavy atom. The Morgan fingerprint density at radius 3 is 2.86 bits per heavy atom. The first kappa shape index (κ1) is 8.68. The smallest absolute Gasteiger partial charge is 0.328 e. The number of carbonyl (C=O) groups is 2. The molecule has 0 bridgehead atoms. The molecule has 14 heavy (non-hydrogen) atoms. The van der Waals surface area contributed by atoms with E-state index in [-0.39, 0.29) is 5.78 Å². The molecule has 1 atom stereocenters. The summed E-state index contributed by atoms with van der Waals surface area (Å²) >= 11 is 0. The maximum Gasteiger partial charge on any atom is 0.328 e. The Hall–Kier alpha value is -1.91. The molecule has 0 saturated carbocycles. The molecule has 2 rings (SSSR count). The van der Waals surface area contributed by atoms with Gasteiger partial charge in [-0.3, -0.25) is 14.7 Å². The largest absolute Gasteiger partial charge is 0.430 e. The summed E-state index contributed by atoms with van der Waals surface area (Å²) in [6.45, 7) is 1.57. The normalized spacial score (nSPS) is 21.8. The van der Waals surface area contributed by atoms with Gasteiger partial charge < -0.3 is 4.74 Å². The van der Waals surface area contributed by atoms with Gasteiger partial charge in [0.2, 0.25) is 0 Å². The number of nitrogens with zero attached hydrogens (tertiary/aromatic N) is 1. The molecule has 5 heteroatoms. The fourth-order valence-electron chi connectivity index (χ4n) is 1.35. The summed E-state index contributed by atoms with van der Waals surface area (Å²) in [5.74, 6) is -1.39. The zero-order valence-corrected chi connectivity index (χ0v) is 7.48. The summed E-state index contributed by atoms with van der Waals surface area (Å²) in [7, 11) is 0. The van der Waals surface area contributed by atoms with Gasteiger partial charge in [0.25, 0.3) is 0 Å². The van der Waals surface area contributed by atoms with Crippen LogP contribution in [0.5, 0.6) is 0 Å². The average molecular weight is 192 g/mol. The monoisotopic (exact) mass is 192 g/mol. The number of rotatable bonds is 1. The maximum atomic E-state index is 11.5. The number of H-pyrrole nitrogens is 1. The average Bonchev–Trinajstić information content (AvgIpc) is 2.54. The number of aromatic nitrogens is 2. The van der Waals surface area contributed by atoms with Crippen LogP contribution in [0.25, 0.3) is 0 Å². The highest BCUT2D eigenvalue weighted by Gasteiger charge is 2.33. The molecule has 1 aliphatic heterocycles. The fraction of sp³-hybridized carbons (Fsp3) is 0.222. The maximum absolute atomic E-state index is 11.5. The molecule has 2 heterocycles. The third-order valence-corrected chi connectivity index (χ3v) is 1.96. The molecule has 1 aromatic heterocycles. The van der Waals surface area contributed by atoms with E-state index in [9.17, 15) is 9.59 Å². The molecule has 1 aliphatic rings. The van der Waals surface area contributed by atoms with Crippen LogP contribution >= 0.6 is 0 Å². The van der Waals surface area contributed by atoms with Crippen molar-refractivity contribution in [2.24, 2.45) is 0 Å². The molecule has 0 spiro atoms. The summed E-state index contributed by atoms with van der Waals surface area (Å²) in [5, 5.41) is 6.26. The molecule has 0 radical (unpaired) electrons. The van der Waals surface area contributed by atoms with Crippen molar-refractivity contribution in [1.82, 2.24) is 10.2 Å². The number of allylic oxidation sites excluding steroid dienone is 2. The first-order chi connectivity index (χ1) is 6.68. The van der Waals surface area contributed by atoms with Crippen molar-refractivity contribution in [2.45, 2.75) is 12.8 Å². The van der Waals surface area contributed by atoms with E-state index in [0.29, 0.717) is 11.5 Å². The van der Waals surface area contributed by atoms with E-state index in [2.05, 4.69) is 10.2 Å². The van der Waals surface area contributed by atoms with Crippen LogP contribution in [0.1, 0.15) is 18.5 Å². The van der Waals surface area contributed by atoms with Crippen LogP contribution in [0.2, 0.25) is 0 Å². The van der Waals surface area contributed by atoms with Crippen LogP contribution < -0.4 is 0 Å². The minimum atomic E-state index is -0.888. The van der Waals surface area contributed by atoms with E-state index in [1.807, 2.05) is 0 Å². The van der Waals surface area contributed by atoms with E-state index in [1.165, 1.54) is 12.3 Å². The second kappa shape index (κ2) is 3.10. The number of hydrogen-bond acceptors (Lipinski definition) is 4. The molecule has 1 unspecified atom stereocenters. The minimum absolute atomic E-state index is 0.275. The van der Waals surface area contributed by atoms with Crippen molar-refractivity contribution >= 4 is 11.8 Å². The van der Waals surface area contributed by atoms with Crippen molar-refractivity contribution in [2.75, 3.05) is 0 Å². The highest BCUT2D eigenvalue weighted by Crippen LogP contribution is 2.22. The van der Waals surface area contributed by atoms with Crippen molar-refractivity contribution in [1.29, 1.82) is 0 Å². The quantitative estimate of drug-likeness (QED) is 0.520. The van der Waals surface area contributed by atoms with Gasteiger partial charge in [-0.25, -0.2) is 0 Å². The van der Waals surface area contributed by atoms with E-state index in [1.54, 1.807) is 13.0 Å². The molecule has 0 saturated heterocycles. The molecular formula is C9H8N2O3. The lowest BCUT2D eigenvalue weighted by atomic mass is 9.98. The van der Waals surface area contributed by atoms with Crippen molar-refractivity contribution < 1.29 is 14.3 Å². The lowest BCUT2D eigenvalue weighted by Crippen LogP contribution is -2.27. The first-order valence-corrected chi connectivity index (χ1v) is 4.11. The van der Waals surface area contributed by atoms with Crippen molar-refractivity contribution in [3.63, 3.8) is 0 Å². The number of nitrogens with one attached hydrogen (secondary N) is 1. The molecule has 0 amide bonds. The van der Waals surface area contributed by atoms with Crippen LogP contribution in [-0.2, 0) is 14.3 Å². The van der Waals surface area contributed by atoms with Crippen LogP contribution in [0.15, 0.2) is 24.1 Å². The third-order valence-electron chi connectivity index (χ3n) is 1.96. The summed E-state index contributed by atoms with van der Waals surface area (Å²) in [6.07, 6.45) is 2.80. The van der Waals surface area contributed by atoms with Crippen LogP contribution in [-0.4, -0.2) is 21.9 Å². The number of carbonyl (C=O) groups excluding carboxylic acids is 2. The van der Waals surface area contributed by atoms with Gasteiger partial charge in [0.1, 0.15) is 5.76 Å². The Labute approximate surface area is 79.8 Å². The minimum Gasteiger partial charge on any atom is -0.430 e. The van der Waals surface area contributed by atoms with Crippen LogP contribution in [0.3, 0.4) is 0 Å². The van der Waals surface area contributed by atoms with Crippen LogP contribution in [0, 0.1) is 0 Å². The summed E-state index contributed by atoms with van der Waals surface area (Å²) < 4.78 is 4.85. The molecule has 0 fully saturated rings. The molecule has 5 nitrogen and oxygen atoms in total. The number of hydrogen-bond donors (Lipinski definition) is 1. The zero-order chi connectivity index (χ0) is 10.1. The molecular weight excluding hydrogens is 184 g/mol.